The van der Waals surface area contributed by atoms with Gasteiger partial charge in [0.2, 0.25) is 0 Å². The summed E-state index contributed by atoms with van der Waals surface area (Å²) < 4.78 is 0. The number of hydrogen-bond acceptors (Lipinski definition) is 2. The third kappa shape index (κ3) is 4.36. The summed E-state index contributed by atoms with van der Waals surface area (Å²) in [5.41, 5.74) is 1.28. The first kappa shape index (κ1) is 11.9. The van der Waals surface area contributed by atoms with Crippen LogP contribution in [-0.2, 0) is 6.54 Å². The van der Waals surface area contributed by atoms with Gasteiger partial charge >= 0.3 is 0 Å². The second-order valence-corrected chi connectivity index (χ2v) is 5.02. The monoisotopic (exact) mass is 229 g/mol. The molecule has 0 radical (unpaired) electrons. The van der Waals surface area contributed by atoms with Crippen molar-refractivity contribution in [2.75, 3.05) is 12.8 Å². The number of thioether (sulfide) groups is 1. The van der Waals surface area contributed by atoms with Crippen LogP contribution in [0.2, 0.25) is 5.02 Å². The first-order valence-electron chi connectivity index (χ1n) is 4.70. The molecule has 0 aliphatic carbocycles. The van der Waals surface area contributed by atoms with Crippen LogP contribution < -0.4 is 5.32 Å². The molecule has 1 rings (SSSR count). The van der Waals surface area contributed by atoms with Gasteiger partial charge in [0.15, 0.2) is 0 Å². The van der Waals surface area contributed by atoms with E-state index in [-0.39, 0.29) is 0 Å². The van der Waals surface area contributed by atoms with Crippen LogP contribution in [-0.4, -0.2) is 18.1 Å². The molecule has 1 nitrogen and oxygen atoms in total. The average Bonchev–Trinajstić information content (AvgIpc) is 2.21. The maximum absolute atomic E-state index is 5.79. The molecule has 0 saturated heterocycles. The molecule has 0 saturated carbocycles. The van der Waals surface area contributed by atoms with E-state index >= 15 is 0 Å². The third-order valence-electron chi connectivity index (χ3n) is 2.08. The molecule has 14 heavy (non-hydrogen) atoms. The highest BCUT2D eigenvalue weighted by atomic mass is 35.5. The Morgan fingerprint density at radius 2 is 2.00 bits per heavy atom. The van der Waals surface area contributed by atoms with Crippen molar-refractivity contribution in [3.8, 4) is 0 Å². The molecule has 0 aliphatic heterocycles. The Kier molecular flexibility index (Phi) is 5.38. The predicted octanol–water partition coefficient (Wildman–Crippen LogP) is 3.18. The van der Waals surface area contributed by atoms with Crippen LogP contribution in [0.5, 0.6) is 0 Å². The van der Waals surface area contributed by atoms with Gasteiger partial charge in [0, 0.05) is 23.4 Å². The molecule has 0 aromatic heterocycles. The summed E-state index contributed by atoms with van der Waals surface area (Å²) >= 11 is 7.67. The normalized spacial score (nSPS) is 12.8. The molecule has 0 spiro atoms. The zero-order valence-electron chi connectivity index (χ0n) is 8.59. The summed E-state index contributed by atoms with van der Waals surface area (Å²) in [6, 6.07) is 7.96. The van der Waals surface area contributed by atoms with Gasteiger partial charge in [-0.1, -0.05) is 30.7 Å². The fraction of sp³-hybridized carbons (Fsp3) is 0.455. The molecule has 0 aliphatic rings. The highest BCUT2D eigenvalue weighted by Crippen LogP contribution is 2.09. The Morgan fingerprint density at radius 1 is 1.36 bits per heavy atom. The van der Waals surface area contributed by atoms with Crippen LogP contribution in [0, 0.1) is 0 Å². The lowest BCUT2D eigenvalue weighted by Crippen LogP contribution is -2.21. The molecule has 78 valence electrons. The maximum atomic E-state index is 5.79. The van der Waals surface area contributed by atoms with E-state index in [0.717, 1.165) is 18.1 Å². The van der Waals surface area contributed by atoms with Crippen LogP contribution in [0.4, 0.5) is 0 Å². The van der Waals surface area contributed by atoms with E-state index in [4.69, 9.17) is 11.6 Å². The average molecular weight is 230 g/mol. The zero-order valence-corrected chi connectivity index (χ0v) is 10.2. The van der Waals surface area contributed by atoms with E-state index in [0.29, 0.717) is 5.25 Å². The molecular formula is C11H16ClNS. The van der Waals surface area contributed by atoms with Crippen molar-refractivity contribution in [3.63, 3.8) is 0 Å². The maximum Gasteiger partial charge on any atom is 0.0406 e. The molecule has 0 bridgehead atoms. The number of halogens is 1. The minimum atomic E-state index is 0.669. The van der Waals surface area contributed by atoms with Crippen molar-refractivity contribution >= 4 is 23.4 Å². The van der Waals surface area contributed by atoms with Gasteiger partial charge in [-0.2, -0.15) is 11.8 Å². The fourth-order valence-corrected chi connectivity index (χ4v) is 1.52. The summed E-state index contributed by atoms with van der Waals surface area (Å²) in [5.74, 6) is 0. The van der Waals surface area contributed by atoms with Crippen molar-refractivity contribution in [1.82, 2.24) is 5.32 Å². The highest BCUT2D eigenvalue weighted by Gasteiger charge is 1.98. The van der Waals surface area contributed by atoms with E-state index in [2.05, 4.69) is 30.6 Å². The Hall–Kier alpha value is -0.180. The molecular weight excluding hydrogens is 214 g/mol. The topological polar surface area (TPSA) is 12.0 Å². The van der Waals surface area contributed by atoms with Crippen LogP contribution in [0.3, 0.4) is 0 Å². The lowest BCUT2D eigenvalue weighted by molar-refractivity contribution is 0.684. The van der Waals surface area contributed by atoms with Crippen molar-refractivity contribution in [2.24, 2.45) is 0 Å². The second-order valence-electron chi connectivity index (χ2n) is 3.30. The lowest BCUT2D eigenvalue weighted by atomic mass is 10.2. The smallest absolute Gasteiger partial charge is 0.0406 e. The summed E-state index contributed by atoms with van der Waals surface area (Å²) in [5, 5.41) is 4.87. The van der Waals surface area contributed by atoms with Gasteiger partial charge < -0.3 is 5.32 Å². The molecule has 0 heterocycles. The number of hydrogen-bond donors (Lipinski definition) is 1. The molecule has 0 fully saturated rings. The summed E-state index contributed by atoms with van der Waals surface area (Å²) in [7, 11) is 0. The number of nitrogens with one attached hydrogen (secondary N) is 1. The second kappa shape index (κ2) is 6.33. The van der Waals surface area contributed by atoms with E-state index < -0.39 is 0 Å². The van der Waals surface area contributed by atoms with Crippen LogP contribution in [0.25, 0.3) is 0 Å². The van der Waals surface area contributed by atoms with Gasteiger partial charge in [-0.05, 0) is 24.0 Å². The van der Waals surface area contributed by atoms with Crippen LogP contribution in [0.1, 0.15) is 12.5 Å². The molecule has 1 atom stereocenters. The Labute approximate surface area is 95.2 Å². The SMILES string of the molecule is CSC(C)CNCc1ccc(Cl)cc1. The van der Waals surface area contributed by atoms with Gasteiger partial charge in [-0.25, -0.2) is 0 Å². The standard InChI is InChI=1S/C11H16ClNS/c1-9(14-2)7-13-8-10-3-5-11(12)6-4-10/h3-6,9,13H,7-8H2,1-2H3. The number of rotatable bonds is 5. The summed E-state index contributed by atoms with van der Waals surface area (Å²) in [6.07, 6.45) is 2.13. The van der Waals surface area contributed by atoms with Gasteiger partial charge in [-0.3, -0.25) is 0 Å². The first-order valence-corrected chi connectivity index (χ1v) is 6.37. The minimum Gasteiger partial charge on any atom is -0.312 e. The van der Waals surface area contributed by atoms with Crippen molar-refractivity contribution in [1.29, 1.82) is 0 Å². The predicted molar refractivity (Wildman–Crippen MR) is 66.1 cm³/mol. The molecule has 1 N–H and O–H groups in total. The van der Waals surface area contributed by atoms with Crippen LogP contribution >= 0.6 is 23.4 Å². The van der Waals surface area contributed by atoms with Gasteiger partial charge in [-0.15, -0.1) is 0 Å². The highest BCUT2D eigenvalue weighted by molar-refractivity contribution is 7.99. The van der Waals surface area contributed by atoms with Gasteiger partial charge in [0.25, 0.3) is 0 Å². The Balaban J connectivity index is 2.28. The van der Waals surface area contributed by atoms with Crippen molar-refractivity contribution in [3.05, 3.63) is 34.9 Å². The Bertz CT molecular complexity index is 260. The van der Waals surface area contributed by atoms with E-state index in [1.165, 1.54) is 5.56 Å². The van der Waals surface area contributed by atoms with Crippen molar-refractivity contribution < 1.29 is 0 Å². The third-order valence-corrected chi connectivity index (χ3v) is 3.30. The van der Waals surface area contributed by atoms with Crippen LogP contribution in [0.15, 0.2) is 24.3 Å². The Morgan fingerprint density at radius 3 is 2.57 bits per heavy atom. The largest absolute Gasteiger partial charge is 0.312 e. The van der Waals surface area contributed by atoms with Gasteiger partial charge in [0.1, 0.15) is 0 Å². The van der Waals surface area contributed by atoms with Crippen molar-refractivity contribution in [2.45, 2.75) is 18.7 Å². The van der Waals surface area contributed by atoms with Gasteiger partial charge in [0.05, 0.1) is 0 Å². The lowest BCUT2D eigenvalue weighted by Gasteiger charge is -2.09. The minimum absolute atomic E-state index is 0.669. The first-order chi connectivity index (χ1) is 6.72. The van der Waals surface area contributed by atoms with E-state index in [1.807, 2.05) is 23.9 Å². The molecule has 3 heteroatoms. The van der Waals surface area contributed by atoms with E-state index in [1.54, 1.807) is 0 Å². The molecule has 0 amide bonds. The van der Waals surface area contributed by atoms with E-state index in [9.17, 15) is 0 Å². The molecule has 1 aromatic rings. The quantitative estimate of drug-likeness (QED) is 0.833. The molecule has 1 unspecified atom stereocenters. The zero-order chi connectivity index (χ0) is 10.4. The molecule has 1 aromatic carbocycles. The summed E-state index contributed by atoms with van der Waals surface area (Å²) in [4.78, 5) is 0. The fourth-order valence-electron chi connectivity index (χ4n) is 1.11. The number of benzene rings is 1. The summed E-state index contributed by atoms with van der Waals surface area (Å²) in [6.45, 7) is 4.19.